The zero-order chi connectivity index (χ0) is 13.8. The molecule has 0 bridgehead atoms. The molecule has 0 unspecified atom stereocenters. The van der Waals surface area contributed by atoms with Gasteiger partial charge in [0.25, 0.3) is 5.91 Å². The predicted octanol–water partition coefficient (Wildman–Crippen LogP) is 1.52. The first-order chi connectivity index (χ1) is 9.17. The molecule has 0 spiro atoms. The number of H-pyrrole nitrogens is 1. The van der Waals surface area contributed by atoms with E-state index in [9.17, 15) is 4.79 Å². The molecule has 1 aromatic carbocycles. The van der Waals surface area contributed by atoms with E-state index in [1.165, 1.54) is 0 Å². The number of anilines is 1. The zero-order valence-electron chi connectivity index (χ0n) is 10.7. The molecule has 2 aromatic rings. The number of aromatic nitrogens is 2. The topological polar surface area (TPSA) is 98.8 Å². The lowest BCUT2D eigenvalue weighted by Gasteiger charge is -2.18. The molecular formula is C13H15N5O. The maximum atomic E-state index is 12.4. The van der Waals surface area contributed by atoms with Crippen molar-refractivity contribution >= 4 is 22.5 Å². The van der Waals surface area contributed by atoms with Crippen molar-refractivity contribution in [3.05, 3.63) is 23.9 Å². The minimum Gasteiger partial charge on any atom is -0.399 e. The molecule has 2 rings (SSSR count). The third kappa shape index (κ3) is 2.50. The molecule has 3 N–H and O–H groups in total. The number of rotatable bonds is 4. The van der Waals surface area contributed by atoms with Crippen molar-refractivity contribution in [3.63, 3.8) is 0 Å². The summed E-state index contributed by atoms with van der Waals surface area (Å²) in [5, 5.41) is 16.2. The van der Waals surface area contributed by atoms with Crippen molar-refractivity contribution in [2.45, 2.75) is 13.3 Å². The van der Waals surface area contributed by atoms with Crippen molar-refractivity contribution in [1.29, 1.82) is 5.26 Å². The molecule has 6 heteroatoms. The van der Waals surface area contributed by atoms with Crippen LogP contribution in [0.15, 0.2) is 18.2 Å². The van der Waals surface area contributed by atoms with Gasteiger partial charge >= 0.3 is 0 Å². The minimum absolute atomic E-state index is 0.186. The van der Waals surface area contributed by atoms with Crippen molar-refractivity contribution in [1.82, 2.24) is 15.1 Å². The maximum Gasteiger partial charge on any atom is 0.275 e. The Balaban J connectivity index is 2.35. The number of carbonyl (C=O) groups is 1. The summed E-state index contributed by atoms with van der Waals surface area (Å²) < 4.78 is 0. The van der Waals surface area contributed by atoms with E-state index in [4.69, 9.17) is 11.0 Å². The lowest BCUT2D eigenvalue weighted by atomic mass is 10.1. The van der Waals surface area contributed by atoms with Crippen LogP contribution in [-0.4, -0.2) is 34.1 Å². The Morgan fingerprint density at radius 3 is 3.05 bits per heavy atom. The highest BCUT2D eigenvalue weighted by atomic mass is 16.2. The number of fused-ring (bicyclic) bond motifs is 1. The second kappa shape index (κ2) is 5.40. The van der Waals surface area contributed by atoms with Crippen LogP contribution in [0.2, 0.25) is 0 Å². The minimum atomic E-state index is -0.186. The molecule has 6 nitrogen and oxygen atoms in total. The number of amides is 1. The molecule has 0 fully saturated rings. The van der Waals surface area contributed by atoms with Gasteiger partial charge in [-0.2, -0.15) is 10.4 Å². The summed E-state index contributed by atoms with van der Waals surface area (Å²) in [5.41, 5.74) is 7.44. The first kappa shape index (κ1) is 12.9. The van der Waals surface area contributed by atoms with Crippen LogP contribution in [0.25, 0.3) is 10.9 Å². The molecular weight excluding hydrogens is 242 g/mol. The summed E-state index contributed by atoms with van der Waals surface area (Å²) in [6.07, 6.45) is 0.310. The number of nitriles is 1. The van der Waals surface area contributed by atoms with Gasteiger partial charge in [0.05, 0.1) is 18.0 Å². The summed E-state index contributed by atoms with van der Waals surface area (Å²) in [5.74, 6) is -0.186. The molecule has 1 aromatic heterocycles. The lowest BCUT2D eigenvalue weighted by molar-refractivity contribution is 0.0764. The van der Waals surface area contributed by atoms with Crippen LogP contribution in [0.3, 0.4) is 0 Å². The van der Waals surface area contributed by atoms with E-state index in [0.717, 1.165) is 5.52 Å². The highest BCUT2D eigenvalue weighted by Gasteiger charge is 2.19. The van der Waals surface area contributed by atoms with Gasteiger partial charge in [0.1, 0.15) is 0 Å². The lowest BCUT2D eigenvalue weighted by Crippen LogP contribution is -2.32. The van der Waals surface area contributed by atoms with Crippen LogP contribution in [-0.2, 0) is 0 Å². The molecule has 0 aliphatic carbocycles. The van der Waals surface area contributed by atoms with Gasteiger partial charge < -0.3 is 10.6 Å². The van der Waals surface area contributed by atoms with E-state index < -0.39 is 0 Å². The number of carbonyl (C=O) groups excluding carboxylic acids is 1. The molecule has 1 heterocycles. The number of hydrogen-bond acceptors (Lipinski definition) is 4. The summed E-state index contributed by atoms with van der Waals surface area (Å²) in [6, 6.07) is 7.31. The normalized spacial score (nSPS) is 10.3. The van der Waals surface area contributed by atoms with Gasteiger partial charge in [-0.25, -0.2) is 0 Å². The molecule has 0 radical (unpaired) electrons. The van der Waals surface area contributed by atoms with Crippen molar-refractivity contribution in [3.8, 4) is 6.07 Å². The summed E-state index contributed by atoms with van der Waals surface area (Å²) in [7, 11) is 0. The van der Waals surface area contributed by atoms with Gasteiger partial charge in [-0.05, 0) is 25.1 Å². The fourth-order valence-corrected chi connectivity index (χ4v) is 1.93. The Morgan fingerprint density at radius 2 is 2.37 bits per heavy atom. The fourth-order valence-electron chi connectivity index (χ4n) is 1.93. The largest absolute Gasteiger partial charge is 0.399 e. The Bertz CT molecular complexity index is 640. The van der Waals surface area contributed by atoms with Gasteiger partial charge in [0.2, 0.25) is 0 Å². The molecule has 19 heavy (non-hydrogen) atoms. The van der Waals surface area contributed by atoms with Gasteiger partial charge in [-0.3, -0.25) is 9.89 Å². The van der Waals surface area contributed by atoms with Crippen LogP contribution in [0.5, 0.6) is 0 Å². The summed E-state index contributed by atoms with van der Waals surface area (Å²) in [6.45, 7) is 2.82. The van der Waals surface area contributed by atoms with Gasteiger partial charge in [-0.1, -0.05) is 0 Å². The number of nitrogens with one attached hydrogen (secondary N) is 1. The van der Waals surface area contributed by atoms with Gasteiger partial charge in [0, 0.05) is 24.2 Å². The average Bonchev–Trinajstić information content (AvgIpc) is 2.82. The fraction of sp³-hybridized carbons (Fsp3) is 0.308. The Hall–Kier alpha value is -2.55. The number of benzene rings is 1. The zero-order valence-corrected chi connectivity index (χ0v) is 10.7. The first-order valence-corrected chi connectivity index (χ1v) is 6.07. The van der Waals surface area contributed by atoms with Gasteiger partial charge in [-0.15, -0.1) is 0 Å². The second-order valence-electron chi connectivity index (χ2n) is 4.17. The smallest absolute Gasteiger partial charge is 0.275 e. The SMILES string of the molecule is CCN(CCC#N)C(=O)c1n[nH]c2ccc(N)cc12. The number of nitrogen functional groups attached to an aromatic ring is 1. The molecule has 98 valence electrons. The quantitative estimate of drug-likeness (QED) is 0.811. The van der Waals surface area contributed by atoms with E-state index in [-0.39, 0.29) is 5.91 Å². The number of aromatic amines is 1. The van der Waals surface area contributed by atoms with Gasteiger partial charge in [0.15, 0.2) is 5.69 Å². The van der Waals surface area contributed by atoms with E-state index >= 15 is 0 Å². The summed E-state index contributed by atoms with van der Waals surface area (Å²) >= 11 is 0. The second-order valence-corrected chi connectivity index (χ2v) is 4.17. The number of nitrogens with two attached hydrogens (primary N) is 1. The highest BCUT2D eigenvalue weighted by Crippen LogP contribution is 2.20. The van der Waals surface area contributed by atoms with Crippen molar-refractivity contribution in [2.24, 2.45) is 0 Å². The van der Waals surface area contributed by atoms with E-state index in [2.05, 4.69) is 10.2 Å². The standard InChI is InChI=1S/C13H15N5O/c1-2-18(7-3-6-14)13(19)12-10-8-9(15)4-5-11(10)16-17-12/h4-5,8H,2-3,7,15H2,1H3,(H,16,17). The molecule has 0 aliphatic heterocycles. The van der Waals surface area contributed by atoms with Crippen LogP contribution in [0.1, 0.15) is 23.8 Å². The Morgan fingerprint density at radius 1 is 1.58 bits per heavy atom. The average molecular weight is 257 g/mol. The third-order valence-electron chi connectivity index (χ3n) is 2.95. The highest BCUT2D eigenvalue weighted by molar-refractivity contribution is 6.05. The van der Waals surface area contributed by atoms with Crippen LogP contribution < -0.4 is 5.73 Å². The molecule has 0 saturated carbocycles. The van der Waals surface area contributed by atoms with Crippen molar-refractivity contribution in [2.75, 3.05) is 18.8 Å². The van der Waals surface area contributed by atoms with E-state index in [1.807, 2.05) is 13.0 Å². The van der Waals surface area contributed by atoms with E-state index in [1.54, 1.807) is 23.1 Å². The molecule has 0 aliphatic rings. The monoisotopic (exact) mass is 257 g/mol. The van der Waals surface area contributed by atoms with Crippen LogP contribution in [0.4, 0.5) is 5.69 Å². The predicted molar refractivity (Wildman–Crippen MR) is 72.3 cm³/mol. The van der Waals surface area contributed by atoms with Crippen LogP contribution >= 0.6 is 0 Å². The number of nitrogens with zero attached hydrogens (tertiary/aromatic N) is 3. The summed E-state index contributed by atoms with van der Waals surface area (Å²) in [4.78, 5) is 14.0. The van der Waals surface area contributed by atoms with Crippen LogP contribution in [0, 0.1) is 11.3 Å². The maximum absolute atomic E-state index is 12.4. The van der Waals surface area contributed by atoms with Crippen molar-refractivity contribution < 1.29 is 4.79 Å². The molecule has 1 amide bonds. The third-order valence-corrected chi connectivity index (χ3v) is 2.95. The molecule has 0 atom stereocenters. The Kier molecular flexibility index (Phi) is 3.66. The number of hydrogen-bond donors (Lipinski definition) is 2. The molecule has 0 saturated heterocycles. The Labute approximate surface area is 110 Å². The first-order valence-electron chi connectivity index (χ1n) is 6.07. The van der Waals surface area contributed by atoms with E-state index in [0.29, 0.717) is 36.3 Å².